The first-order valence-corrected chi connectivity index (χ1v) is 9.45. The van der Waals surface area contributed by atoms with Gasteiger partial charge < -0.3 is 19.7 Å². The molecule has 1 aliphatic heterocycles. The number of unbranched alkanes of at least 4 members (excludes halogenated alkanes) is 2. The van der Waals surface area contributed by atoms with E-state index in [0.717, 1.165) is 30.4 Å². The molecule has 2 aromatic rings. The minimum absolute atomic E-state index is 0.256. The molecule has 4 nitrogen and oxygen atoms in total. The molecule has 4 unspecified atom stereocenters. The highest BCUT2D eigenvalue weighted by molar-refractivity contribution is 5.28. The summed E-state index contributed by atoms with van der Waals surface area (Å²) in [5.41, 5.74) is 1.47. The molecule has 0 radical (unpaired) electrons. The van der Waals surface area contributed by atoms with Crippen LogP contribution >= 0.6 is 0 Å². The Morgan fingerprint density at radius 2 is 1.65 bits per heavy atom. The number of hydrogen-bond acceptors (Lipinski definition) is 4. The van der Waals surface area contributed by atoms with Crippen LogP contribution in [0.25, 0.3) is 0 Å². The van der Waals surface area contributed by atoms with Gasteiger partial charge in [-0.25, -0.2) is 0 Å². The average molecular weight is 356 g/mol. The molecule has 1 aliphatic rings. The van der Waals surface area contributed by atoms with Crippen molar-refractivity contribution >= 4 is 0 Å². The van der Waals surface area contributed by atoms with Crippen LogP contribution in [-0.4, -0.2) is 29.0 Å². The molecule has 26 heavy (non-hydrogen) atoms. The van der Waals surface area contributed by atoms with Gasteiger partial charge in [0, 0.05) is 5.56 Å². The first-order chi connectivity index (χ1) is 12.7. The zero-order chi connectivity index (χ0) is 18.4. The molecule has 140 valence electrons. The van der Waals surface area contributed by atoms with E-state index in [-0.39, 0.29) is 6.61 Å². The van der Waals surface area contributed by atoms with Crippen molar-refractivity contribution in [3.8, 4) is 0 Å². The summed E-state index contributed by atoms with van der Waals surface area (Å²) in [5, 5.41) is 21.6. The van der Waals surface area contributed by atoms with E-state index in [1.54, 1.807) is 0 Å². The summed E-state index contributed by atoms with van der Waals surface area (Å²) in [5.74, 6) is -1.31. The number of hydrogen-bond donors (Lipinski definition) is 2. The Morgan fingerprint density at radius 1 is 1.00 bits per heavy atom. The Hall–Kier alpha value is -1.72. The van der Waals surface area contributed by atoms with Crippen LogP contribution in [0.3, 0.4) is 0 Å². The van der Waals surface area contributed by atoms with Crippen LogP contribution in [0.1, 0.15) is 49.8 Å². The highest BCUT2D eigenvalue weighted by Gasteiger charge is 2.51. The summed E-state index contributed by atoms with van der Waals surface area (Å²) in [4.78, 5) is 0. The predicted molar refractivity (Wildman–Crippen MR) is 100 cm³/mol. The standard InChI is InChI=1S/C22H28O4/c1-2-3-6-15-19(23)20-16-25-22(26-20,18-13-9-5-10-14-18)21(24)17-11-7-4-8-12-17/h4-5,7-14,19-21,23-24H,2-3,6,15-16H2,1H3. The maximum Gasteiger partial charge on any atom is 0.226 e. The maximum absolute atomic E-state index is 11.1. The summed E-state index contributed by atoms with van der Waals surface area (Å²) >= 11 is 0. The molecule has 2 aromatic carbocycles. The number of aliphatic hydroxyl groups is 2. The third-order valence-electron chi connectivity index (χ3n) is 4.97. The van der Waals surface area contributed by atoms with Crippen LogP contribution in [0.5, 0.6) is 0 Å². The Bertz CT molecular complexity index is 660. The second-order valence-electron chi connectivity index (χ2n) is 6.88. The van der Waals surface area contributed by atoms with Crippen LogP contribution in [0, 0.1) is 0 Å². The first-order valence-electron chi connectivity index (χ1n) is 9.45. The van der Waals surface area contributed by atoms with Crippen molar-refractivity contribution in [2.45, 2.75) is 56.7 Å². The van der Waals surface area contributed by atoms with Gasteiger partial charge in [0.15, 0.2) is 0 Å². The quantitative estimate of drug-likeness (QED) is 0.704. The lowest BCUT2D eigenvalue weighted by atomic mass is 9.94. The van der Waals surface area contributed by atoms with Gasteiger partial charge >= 0.3 is 0 Å². The third kappa shape index (κ3) is 3.99. The summed E-state index contributed by atoms with van der Waals surface area (Å²) in [6, 6.07) is 18.8. The van der Waals surface area contributed by atoms with Gasteiger partial charge in [-0.2, -0.15) is 0 Å². The molecule has 1 saturated heterocycles. The third-order valence-corrected chi connectivity index (χ3v) is 4.97. The van der Waals surface area contributed by atoms with Crippen molar-refractivity contribution < 1.29 is 19.7 Å². The molecule has 3 rings (SSSR count). The zero-order valence-electron chi connectivity index (χ0n) is 15.3. The van der Waals surface area contributed by atoms with E-state index in [1.165, 1.54) is 0 Å². The van der Waals surface area contributed by atoms with Gasteiger partial charge in [-0.3, -0.25) is 0 Å². The van der Waals surface area contributed by atoms with Gasteiger partial charge in [0.1, 0.15) is 12.2 Å². The minimum atomic E-state index is -1.31. The minimum Gasteiger partial charge on any atom is -0.390 e. The number of ether oxygens (including phenoxy) is 2. The van der Waals surface area contributed by atoms with Gasteiger partial charge in [0.25, 0.3) is 0 Å². The second kappa shape index (κ2) is 8.78. The van der Waals surface area contributed by atoms with Crippen molar-refractivity contribution in [3.63, 3.8) is 0 Å². The second-order valence-corrected chi connectivity index (χ2v) is 6.88. The van der Waals surface area contributed by atoms with Gasteiger partial charge in [-0.05, 0) is 12.0 Å². The number of aliphatic hydroxyl groups excluding tert-OH is 2. The van der Waals surface area contributed by atoms with E-state index in [0.29, 0.717) is 6.42 Å². The first kappa shape index (κ1) is 19.1. The highest BCUT2D eigenvalue weighted by Crippen LogP contribution is 2.45. The lowest BCUT2D eigenvalue weighted by molar-refractivity contribution is -0.246. The fourth-order valence-electron chi connectivity index (χ4n) is 3.46. The Labute approximate surface area is 155 Å². The summed E-state index contributed by atoms with van der Waals surface area (Å²) in [7, 11) is 0. The maximum atomic E-state index is 11.1. The van der Waals surface area contributed by atoms with Crippen molar-refractivity contribution in [2.75, 3.05) is 6.61 Å². The largest absolute Gasteiger partial charge is 0.390 e. The topological polar surface area (TPSA) is 58.9 Å². The van der Waals surface area contributed by atoms with Crippen LogP contribution in [-0.2, 0) is 15.3 Å². The molecule has 1 heterocycles. The van der Waals surface area contributed by atoms with Crippen LogP contribution in [0.2, 0.25) is 0 Å². The molecule has 0 amide bonds. The molecule has 0 saturated carbocycles. The average Bonchev–Trinajstić information content (AvgIpc) is 3.16. The predicted octanol–water partition coefficient (Wildman–Crippen LogP) is 3.93. The van der Waals surface area contributed by atoms with E-state index in [2.05, 4.69) is 6.92 Å². The van der Waals surface area contributed by atoms with Crippen LogP contribution < -0.4 is 0 Å². The van der Waals surface area contributed by atoms with Crippen molar-refractivity contribution in [1.82, 2.24) is 0 Å². The van der Waals surface area contributed by atoms with Gasteiger partial charge in [-0.15, -0.1) is 0 Å². The number of benzene rings is 2. The Balaban J connectivity index is 1.84. The molecular weight excluding hydrogens is 328 g/mol. The molecule has 0 bridgehead atoms. The lowest BCUT2D eigenvalue weighted by Gasteiger charge is -2.34. The molecule has 0 aromatic heterocycles. The van der Waals surface area contributed by atoms with Crippen LogP contribution in [0.15, 0.2) is 60.7 Å². The molecular formula is C22H28O4. The lowest BCUT2D eigenvalue weighted by Crippen LogP contribution is -2.37. The summed E-state index contributed by atoms with van der Waals surface area (Å²) < 4.78 is 12.3. The van der Waals surface area contributed by atoms with E-state index in [1.807, 2.05) is 60.7 Å². The van der Waals surface area contributed by atoms with E-state index in [4.69, 9.17) is 9.47 Å². The SMILES string of the molecule is CCCCCC(O)C1COC(c2ccccc2)(C(O)c2ccccc2)O1. The Morgan fingerprint density at radius 3 is 2.31 bits per heavy atom. The van der Waals surface area contributed by atoms with Gasteiger partial charge in [0.05, 0.1) is 12.7 Å². The van der Waals surface area contributed by atoms with Crippen molar-refractivity contribution in [1.29, 1.82) is 0 Å². The van der Waals surface area contributed by atoms with Gasteiger partial charge in [0.2, 0.25) is 5.79 Å². The number of rotatable bonds is 8. The van der Waals surface area contributed by atoms with Crippen molar-refractivity contribution in [2.24, 2.45) is 0 Å². The monoisotopic (exact) mass is 356 g/mol. The van der Waals surface area contributed by atoms with Crippen molar-refractivity contribution in [3.05, 3.63) is 71.8 Å². The fourth-order valence-corrected chi connectivity index (χ4v) is 3.46. The Kier molecular flexibility index (Phi) is 6.43. The van der Waals surface area contributed by atoms with Crippen LogP contribution in [0.4, 0.5) is 0 Å². The van der Waals surface area contributed by atoms with E-state index < -0.39 is 24.1 Å². The van der Waals surface area contributed by atoms with E-state index in [9.17, 15) is 10.2 Å². The highest BCUT2D eigenvalue weighted by atomic mass is 16.8. The smallest absolute Gasteiger partial charge is 0.226 e. The molecule has 4 atom stereocenters. The summed E-state index contributed by atoms with van der Waals surface area (Å²) in [6.07, 6.45) is 1.78. The zero-order valence-corrected chi connectivity index (χ0v) is 15.3. The molecule has 1 fully saturated rings. The molecule has 2 N–H and O–H groups in total. The molecule has 4 heteroatoms. The fraction of sp³-hybridized carbons (Fsp3) is 0.455. The van der Waals surface area contributed by atoms with Gasteiger partial charge in [-0.1, -0.05) is 86.8 Å². The molecule has 0 aliphatic carbocycles. The normalized spacial score (nSPS) is 25.1. The summed E-state index contributed by atoms with van der Waals surface area (Å²) in [6.45, 7) is 2.39. The van der Waals surface area contributed by atoms with E-state index >= 15 is 0 Å². The molecule has 0 spiro atoms.